The summed E-state index contributed by atoms with van der Waals surface area (Å²) < 4.78 is 3.85. The number of rotatable bonds is 5. The number of amides is 1. The minimum atomic E-state index is -0.0763. The Morgan fingerprint density at radius 2 is 1.29 bits per heavy atom. The van der Waals surface area contributed by atoms with Gasteiger partial charge >= 0.3 is 0 Å². The zero-order chi connectivity index (χ0) is 22.2. The average Bonchev–Trinajstić information content (AvgIpc) is 3.43. The van der Waals surface area contributed by atoms with Crippen LogP contribution in [0.2, 0.25) is 0 Å². The molecular weight excluding hydrogens is 388 g/mol. The highest BCUT2D eigenvalue weighted by molar-refractivity contribution is 5.94. The zero-order valence-electron chi connectivity index (χ0n) is 18.3. The molecule has 2 heterocycles. The lowest BCUT2D eigenvalue weighted by atomic mass is 10.1. The molecule has 0 atom stereocenters. The first-order chi connectivity index (χ1) is 15.0. The second kappa shape index (κ2) is 10.4. The van der Waals surface area contributed by atoms with Gasteiger partial charge in [-0.1, -0.05) is 36.4 Å². The van der Waals surface area contributed by atoms with Crippen molar-refractivity contribution in [3.05, 3.63) is 84.7 Å². The first-order valence-electron chi connectivity index (χ1n) is 10.0. The van der Waals surface area contributed by atoms with Crippen molar-refractivity contribution in [3.8, 4) is 22.5 Å². The number of nitrogens with one attached hydrogen (secondary N) is 2. The van der Waals surface area contributed by atoms with E-state index in [4.69, 9.17) is 0 Å². The molecule has 0 spiro atoms. The van der Waals surface area contributed by atoms with Gasteiger partial charge in [0, 0.05) is 56.8 Å². The third kappa shape index (κ3) is 5.90. The van der Waals surface area contributed by atoms with E-state index in [1.54, 1.807) is 25.5 Å². The molecule has 0 radical (unpaired) electrons. The Morgan fingerprint density at radius 1 is 0.806 bits per heavy atom. The first kappa shape index (κ1) is 22.0. The summed E-state index contributed by atoms with van der Waals surface area (Å²) in [5.41, 5.74) is 6.04. The van der Waals surface area contributed by atoms with E-state index in [1.165, 1.54) is 5.56 Å². The Bertz CT molecular complexity index is 1110. The lowest BCUT2D eigenvalue weighted by Crippen LogP contribution is -2.17. The van der Waals surface area contributed by atoms with Crippen LogP contribution < -0.4 is 10.6 Å². The van der Waals surface area contributed by atoms with Crippen LogP contribution >= 0.6 is 0 Å². The van der Waals surface area contributed by atoms with E-state index in [-0.39, 0.29) is 5.91 Å². The van der Waals surface area contributed by atoms with Gasteiger partial charge < -0.3 is 19.8 Å². The fourth-order valence-corrected chi connectivity index (χ4v) is 3.06. The maximum Gasteiger partial charge on any atom is 0.251 e. The minimum Gasteiger partial charge on any atom is -0.355 e. The van der Waals surface area contributed by atoms with E-state index in [0.717, 1.165) is 29.1 Å². The third-order valence-electron chi connectivity index (χ3n) is 4.71. The minimum absolute atomic E-state index is 0.0763. The monoisotopic (exact) mass is 416 g/mol. The number of benzene rings is 2. The molecule has 0 bridgehead atoms. The summed E-state index contributed by atoms with van der Waals surface area (Å²) in [7, 11) is 7.48. The van der Waals surface area contributed by atoms with Crippen molar-refractivity contribution in [2.24, 2.45) is 14.1 Å². The quantitative estimate of drug-likeness (QED) is 0.524. The van der Waals surface area contributed by atoms with E-state index in [1.807, 2.05) is 61.1 Å². The molecule has 7 heteroatoms. The van der Waals surface area contributed by atoms with E-state index >= 15 is 0 Å². The fraction of sp³-hybridized carbons (Fsp3) is 0.208. The third-order valence-corrected chi connectivity index (χ3v) is 4.71. The van der Waals surface area contributed by atoms with E-state index in [0.29, 0.717) is 5.56 Å². The number of nitrogens with zero attached hydrogens (tertiary/aromatic N) is 4. The first-order valence-corrected chi connectivity index (χ1v) is 10.0. The molecule has 2 aromatic carbocycles. The van der Waals surface area contributed by atoms with Gasteiger partial charge in [0.25, 0.3) is 5.91 Å². The number of hydrogen-bond donors (Lipinski definition) is 2. The van der Waals surface area contributed by atoms with Crippen molar-refractivity contribution in [1.82, 2.24) is 29.7 Å². The molecule has 0 unspecified atom stereocenters. The van der Waals surface area contributed by atoms with Gasteiger partial charge in [-0.3, -0.25) is 4.79 Å². The highest BCUT2D eigenvalue weighted by Gasteiger charge is 2.04. The lowest BCUT2D eigenvalue weighted by Gasteiger charge is -2.01. The van der Waals surface area contributed by atoms with Crippen LogP contribution in [0.4, 0.5) is 0 Å². The van der Waals surface area contributed by atoms with Gasteiger partial charge in [0.15, 0.2) is 0 Å². The smallest absolute Gasteiger partial charge is 0.251 e. The van der Waals surface area contributed by atoms with Gasteiger partial charge in [-0.15, -0.1) is 0 Å². The SMILES string of the molecule is CNC(=O)c1ccc(-c2cn(C)cn2)cc1.CNCc1ccc(-c2cn(C)cn2)cc1. The Hall–Kier alpha value is -3.71. The molecule has 160 valence electrons. The molecule has 0 saturated carbocycles. The van der Waals surface area contributed by atoms with Crippen LogP contribution in [0.3, 0.4) is 0 Å². The zero-order valence-corrected chi connectivity index (χ0v) is 18.3. The maximum absolute atomic E-state index is 11.3. The summed E-state index contributed by atoms with van der Waals surface area (Å²) >= 11 is 0. The summed E-state index contributed by atoms with van der Waals surface area (Å²) in [4.78, 5) is 19.9. The molecule has 2 aromatic heterocycles. The molecule has 7 nitrogen and oxygen atoms in total. The van der Waals surface area contributed by atoms with E-state index < -0.39 is 0 Å². The summed E-state index contributed by atoms with van der Waals surface area (Å²) in [6.45, 7) is 0.905. The normalized spacial score (nSPS) is 10.3. The second-order valence-electron chi connectivity index (χ2n) is 7.23. The van der Waals surface area contributed by atoms with E-state index in [2.05, 4.69) is 44.9 Å². The van der Waals surface area contributed by atoms with Gasteiger partial charge in [0.05, 0.1) is 24.0 Å². The molecule has 4 aromatic rings. The Balaban J connectivity index is 0.000000176. The molecule has 0 aliphatic heterocycles. The predicted octanol–water partition coefficient (Wildman–Crippen LogP) is 3.25. The van der Waals surface area contributed by atoms with Gasteiger partial charge in [-0.2, -0.15) is 0 Å². The topological polar surface area (TPSA) is 76.8 Å². The molecule has 0 fully saturated rings. The largest absolute Gasteiger partial charge is 0.355 e. The van der Waals surface area contributed by atoms with Crippen LogP contribution in [0, 0.1) is 0 Å². The predicted molar refractivity (Wildman–Crippen MR) is 123 cm³/mol. The lowest BCUT2D eigenvalue weighted by molar-refractivity contribution is 0.0963. The molecule has 31 heavy (non-hydrogen) atoms. The van der Waals surface area contributed by atoms with Gasteiger partial charge in [-0.25, -0.2) is 9.97 Å². The highest BCUT2D eigenvalue weighted by Crippen LogP contribution is 2.18. The Labute approximate surface area is 182 Å². The van der Waals surface area contributed by atoms with E-state index in [9.17, 15) is 4.79 Å². The molecule has 1 amide bonds. The number of aryl methyl sites for hydroxylation is 2. The number of carbonyl (C=O) groups excluding carboxylic acids is 1. The molecule has 0 aliphatic carbocycles. The molecule has 0 aliphatic rings. The van der Waals surface area contributed by atoms with Gasteiger partial charge in [-0.05, 0) is 24.7 Å². The van der Waals surface area contributed by atoms with Crippen molar-refractivity contribution in [2.75, 3.05) is 14.1 Å². The summed E-state index contributed by atoms with van der Waals surface area (Å²) in [5, 5.41) is 5.71. The standard InChI is InChI=1S/C12H13N3O.C12H15N3/c1-13-12(16)10-5-3-9(4-6-10)11-7-15(2)8-14-11;1-13-7-10-3-5-11(6-4-10)12-8-15(2)9-14-12/h3-8H,1-2H3,(H,13,16);3-6,8-9,13H,7H2,1-2H3. The van der Waals surface area contributed by atoms with Crippen molar-refractivity contribution >= 4 is 5.91 Å². The van der Waals surface area contributed by atoms with Crippen LogP contribution in [0.1, 0.15) is 15.9 Å². The van der Waals surface area contributed by atoms with Crippen molar-refractivity contribution in [2.45, 2.75) is 6.54 Å². The highest BCUT2D eigenvalue weighted by atomic mass is 16.1. The maximum atomic E-state index is 11.3. The van der Waals surface area contributed by atoms with Crippen molar-refractivity contribution in [1.29, 1.82) is 0 Å². The van der Waals surface area contributed by atoms with Crippen LogP contribution in [-0.4, -0.2) is 39.1 Å². The van der Waals surface area contributed by atoms with Crippen molar-refractivity contribution < 1.29 is 4.79 Å². The Morgan fingerprint density at radius 3 is 1.68 bits per heavy atom. The molecule has 4 rings (SSSR count). The van der Waals surface area contributed by atoms with Crippen LogP contribution in [0.15, 0.2) is 73.6 Å². The number of aromatic nitrogens is 4. The number of hydrogen-bond acceptors (Lipinski definition) is 4. The molecular formula is C24H28N6O. The van der Waals surface area contributed by atoms with Crippen LogP contribution in [-0.2, 0) is 20.6 Å². The molecule has 2 N–H and O–H groups in total. The van der Waals surface area contributed by atoms with Crippen molar-refractivity contribution in [3.63, 3.8) is 0 Å². The number of imidazole rings is 2. The summed E-state index contributed by atoms with van der Waals surface area (Å²) in [6.07, 6.45) is 7.53. The summed E-state index contributed by atoms with van der Waals surface area (Å²) in [6, 6.07) is 15.8. The molecule has 0 saturated heterocycles. The fourth-order valence-electron chi connectivity index (χ4n) is 3.06. The van der Waals surface area contributed by atoms with Crippen LogP contribution in [0.5, 0.6) is 0 Å². The van der Waals surface area contributed by atoms with Gasteiger partial charge in [0.1, 0.15) is 0 Å². The second-order valence-corrected chi connectivity index (χ2v) is 7.23. The summed E-state index contributed by atoms with van der Waals surface area (Å²) in [5.74, 6) is -0.0763. The van der Waals surface area contributed by atoms with Crippen LogP contribution in [0.25, 0.3) is 22.5 Å². The van der Waals surface area contributed by atoms with Gasteiger partial charge in [0.2, 0.25) is 0 Å². The Kier molecular flexibility index (Phi) is 7.35. The number of carbonyl (C=O) groups is 1. The average molecular weight is 417 g/mol.